The molecule has 0 aliphatic carbocycles. The van der Waals surface area contributed by atoms with E-state index in [2.05, 4.69) is 30.4 Å². The summed E-state index contributed by atoms with van der Waals surface area (Å²) in [6, 6.07) is 6.41. The predicted molar refractivity (Wildman–Crippen MR) is 58.0 cm³/mol. The second-order valence-electron chi connectivity index (χ2n) is 3.88. The second-order valence-corrected chi connectivity index (χ2v) is 3.88. The summed E-state index contributed by atoms with van der Waals surface area (Å²) in [4.78, 5) is 0. The van der Waals surface area contributed by atoms with Crippen LogP contribution in [0.3, 0.4) is 0 Å². The van der Waals surface area contributed by atoms with Crippen LogP contribution in [0.2, 0.25) is 0 Å². The summed E-state index contributed by atoms with van der Waals surface area (Å²) in [5.74, 6) is 1.72. The lowest BCUT2D eigenvalue weighted by molar-refractivity contribution is 0.264. The summed E-state index contributed by atoms with van der Waals surface area (Å²) in [6.07, 6.45) is 1.12. The van der Waals surface area contributed by atoms with E-state index >= 15 is 0 Å². The lowest BCUT2D eigenvalue weighted by Gasteiger charge is -2.26. The Morgan fingerprint density at radius 2 is 2.36 bits per heavy atom. The number of fused-ring (bicyclic) bond motifs is 1. The van der Waals surface area contributed by atoms with Gasteiger partial charge in [0.05, 0.1) is 6.61 Å². The van der Waals surface area contributed by atoms with E-state index in [-0.39, 0.29) is 0 Å². The highest BCUT2D eigenvalue weighted by molar-refractivity contribution is 5.44. The summed E-state index contributed by atoms with van der Waals surface area (Å²) in [5, 5.41) is 3.24. The van der Waals surface area contributed by atoms with Crippen LogP contribution in [0.1, 0.15) is 23.5 Å². The van der Waals surface area contributed by atoms with Crippen LogP contribution in [-0.2, 0) is 0 Å². The van der Waals surface area contributed by atoms with Gasteiger partial charge in [-0.15, -0.1) is 0 Å². The first-order chi connectivity index (χ1) is 6.83. The minimum Gasteiger partial charge on any atom is -0.493 e. The number of benzene rings is 1. The van der Waals surface area contributed by atoms with Gasteiger partial charge in [-0.25, -0.2) is 0 Å². The van der Waals surface area contributed by atoms with Crippen LogP contribution in [0, 0.1) is 6.92 Å². The van der Waals surface area contributed by atoms with Crippen molar-refractivity contribution in [3.05, 3.63) is 29.3 Å². The Balaban J connectivity index is 2.34. The van der Waals surface area contributed by atoms with Gasteiger partial charge in [0.2, 0.25) is 0 Å². The molecule has 0 radical (unpaired) electrons. The molecule has 1 aromatic carbocycles. The normalized spacial score (nSPS) is 20.0. The molecule has 0 aromatic heterocycles. The zero-order valence-electron chi connectivity index (χ0n) is 8.84. The molecular formula is C12H17NO. The molecular weight excluding hydrogens is 174 g/mol. The lowest BCUT2D eigenvalue weighted by Crippen LogP contribution is -2.23. The Morgan fingerprint density at radius 1 is 1.50 bits per heavy atom. The van der Waals surface area contributed by atoms with Gasteiger partial charge < -0.3 is 10.1 Å². The van der Waals surface area contributed by atoms with Crippen molar-refractivity contribution in [3.8, 4) is 5.75 Å². The van der Waals surface area contributed by atoms with Gasteiger partial charge >= 0.3 is 0 Å². The smallest absolute Gasteiger partial charge is 0.125 e. The van der Waals surface area contributed by atoms with Crippen LogP contribution in [0.5, 0.6) is 5.75 Å². The molecule has 2 nitrogen and oxygen atoms in total. The van der Waals surface area contributed by atoms with Crippen LogP contribution in [0.4, 0.5) is 0 Å². The molecule has 76 valence electrons. The van der Waals surface area contributed by atoms with Gasteiger partial charge in [-0.2, -0.15) is 0 Å². The molecule has 1 aliphatic rings. The van der Waals surface area contributed by atoms with Crippen LogP contribution < -0.4 is 10.1 Å². The van der Waals surface area contributed by atoms with Crippen LogP contribution in [0.25, 0.3) is 0 Å². The molecule has 1 unspecified atom stereocenters. The van der Waals surface area contributed by atoms with E-state index in [4.69, 9.17) is 4.74 Å². The van der Waals surface area contributed by atoms with Crippen LogP contribution in [0.15, 0.2) is 18.2 Å². The van der Waals surface area contributed by atoms with Crippen LogP contribution >= 0.6 is 0 Å². The van der Waals surface area contributed by atoms with E-state index in [9.17, 15) is 0 Å². The molecule has 1 aromatic rings. The van der Waals surface area contributed by atoms with Crippen molar-refractivity contribution < 1.29 is 4.74 Å². The molecule has 0 amide bonds. The fourth-order valence-corrected chi connectivity index (χ4v) is 2.11. The quantitative estimate of drug-likeness (QED) is 0.772. The van der Waals surface area contributed by atoms with E-state index in [1.807, 2.05) is 7.05 Å². The number of likely N-dealkylation sites (N-methyl/N-ethyl adjacent to an activating group) is 1. The van der Waals surface area contributed by atoms with Gasteiger partial charge in [-0.3, -0.25) is 0 Å². The summed E-state index contributed by atoms with van der Waals surface area (Å²) < 4.78 is 5.70. The molecule has 0 spiro atoms. The molecule has 2 heteroatoms. The highest BCUT2D eigenvalue weighted by Gasteiger charge is 2.21. The summed E-state index contributed by atoms with van der Waals surface area (Å²) in [6.45, 7) is 4.00. The Morgan fingerprint density at radius 3 is 3.14 bits per heavy atom. The molecule has 2 rings (SSSR count). The van der Waals surface area contributed by atoms with E-state index in [0.717, 1.165) is 25.3 Å². The standard InChI is InChI=1S/C12H17NO/c1-9-4-3-5-11-10(8-13-2)6-7-14-12(9)11/h3-5,10,13H,6-8H2,1-2H3. The number of para-hydroxylation sites is 1. The topological polar surface area (TPSA) is 21.3 Å². The maximum atomic E-state index is 5.70. The van der Waals surface area contributed by atoms with Crippen molar-refractivity contribution in [1.82, 2.24) is 5.32 Å². The minimum absolute atomic E-state index is 0.614. The number of hydrogen-bond donors (Lipinski definition) is 1. The number of nitrogens with one attached hydrogen (secondary N) is 1. The Bertz CT molecular complexity index is 322. The first-order valence-electron chi connectivity index (χ1n) is 5.20. The van der Waals surface area contributed by atoms with Gasteiger partial charge in [0.1, 0.15) is 5.75 Å². The fourth-order valence-electron chi connectivity index (χ4n) is 2.11. The Kier molecular flexibility index (Phi) is 2.73. The summed E-state index contributed by atoms with van der Waals surface area (Å²) in [5.41, 5.74) is 2.62. The SMILES string of the molecule is CNCC1CCOc2c(C)cccc21. The van der Waals surface area contributed by atoms with Gasteiger partial charge in [0, 0.05) is 12.5 Å². The van der Waals surface area contributed by atoms with Gasteiger partial charge in [0.15, 0.2) is 0 Å². The molecule has 1 aliphatic heterocycles. The predicted octanol–water partition coefficient (Wildman–Crippen LogP) is 2.08. The van der Waals surface area contributed by atoms with Crippen LogP contribution in [-0.4, -0.2) is 20.2 Å². The summed E-state index contributed by atoms with van der Waals surface area (Å²) >= 11 is 0. The highest BCUT2D eigenvalue weighted by atomic mass is 16.5. The minimum atomic E-state index is 0.614. The van der Waals surface area contributed by atoms with Crippen molar-refractivity contribution in [3.63, 3.8) is 0 Å². The maximum absolute atomic E-state index is 5.70. The third-order valence-corrected chi connectivity index (χ3v) is 2.85. The zero-order valence-corrected chi connectivity index (χ0v) is 8.84. The Hall–Kier alpha value is -1.02. The number of aryl methyl sites for hydroxylation is 1. The lowest BCUT2D eigenvalue weighted by atomic mass is 9.91. The maximum Gasteiger partial charge on any atom is 0.125 e. The van der Waals surface area contributed by atoms with Gasteiger partial charge in [-0.05, 0) is 31.5 Å². The van der Waals surface area contributed by atoms with Crippen molar-refractivity contribution in [2.24, 2.45) is 0 Å². The monoisotopic (exact) mass is 191 g/mol. The van der Waals surface area contributed by atoms with E-state index < -0.39 is 0 Å². The third kappa shape index (κ3) is 1.62. The molecule has 1 heterocycles. The average Bonchev–Trinajstić information content (AvgIpc) is 2.20. The molecule has 0 saturated carbocycles. The van der Waals surface area contributed by atoms with E-state index in [1.54, 1.807) is 0 Å². The fraction of sp³-hybridized carbons (Fsp3) is 0.500. The van der Waals surface area contributed by atoms with E-state index in [0.29, 0.717) is 5.92 Å². The molecule has 14 heavy (non-hydrogen) atoms. The van der Waals surface area contributed by atoms with Crippen molar-refractivity contribution in [2.75, 3.05) is 20.2 Å². The highest BCUT2D eigenvalue weighted by Crippen LogP contribution is 2.35. The summed E-state index contributed by atoms with van der Waals surface area (Å²) in [7, 11) is 2.00. The van der Waals surface area contributed by atoms with Gasteiger partial charge in [0.25, 0.3) is 0 Å². The Labute approximate surface area is 85.3 Å². The average molecular weight is 191 g/mol. The van der Waals surface area contributed by atoms with E-state index in [1.165, 1.54) is 11.1 Å². The van der Waals surface area contributed by atoms with Crippen molar-refractivity contribution in [1.29, 1.82) is 0 Å². The van der Waals surface area contributed by atoms with Gasteiger partial charge in [-0.1, -0.05) is 18.2 Å². The largest absolute Gasteiger partial charge is 0.493 e. The number of hydrogen-bond acceptors (Lipinski definition) is 2. The molecule has 1 atom stereocenters. The first kappa shape index (κ1) is 9.53. The molecule has 0 fully saturated rings. The number of rotatable bonds is 2. The first-order valence-corrected chi connectivity index (χ1v) is 5.20. The number of ether oxygens (including phenoxy) is 1. The molecule has 1 N–H and O–H groups in total. The van der Waals surface area contributed by atoms with Crippen molar-refractivity contribution in [2.45, 2.75) is 19.3 Å². The molecule has 0 bridgehead atoms. The molecule has 0 saturated heterocycles. The third-order valence-electron chi connectivity index (χ3n) is 2.85. The second kappa shape index (κ2) is 4.01. The van der Waals surface area contributed by atoms with Crippen molar-refractivity contribution >= 4 is 0 Å². The zero-order chi connectivity index (χ0) is 9.97.